The van der Waals surface area contributed by atoms with Crippen LogP contribution in [0, 0.1) is 5.92 Å². The molecule has 2 heteroatoms. The lowest BCUT2D eigenvalue weighted by atomic mass is 10.1. The molecule has 2 unspecified atom stereocenters. The highest BCUT2D eigenvalue weighted by Gasteiger charge is 2.05. The molecule has 0 aromatic rings. The molecule has 0 aliphatic heterocycles. The van der Waals surface area contributed by atoms with Crippen molar-refractivity contribution in [3.05, 3.63) is 0 Å². The predicted octanol–water partition coefficient (Wildman–Crippen LogP) is 3.52. The summed E-state index contributed by atoms with van der Waals surface area (Å²) in [5.41, 5.74) is 0. The Labute approximate surface area is 109 Å². The molecule has 0 saturated heterocycles. The number of rotatable bonds is 11. The van der Waals surface area contributed by atoms with E-state index in [0.717, 1.165) is 12.5 Å². The van der Waals surface area contributed by atoms with E-state index in [1.165, 1.54) is 45.2 Å². The molecule has 0 rings (SSSR count). The Balaban J connectivity index is 3.41. The fourth-order valence-corrected chi connectivity index (χ4v) is 2.06. The van der Waals surface area contributed by atoms with Crippen LogP contribution in [0.2, 0.25) is 0 Å². The van der Waals surface area contributed by atoms with E-state index in [4.69, 9.17) is 0 Å². The van der Waals surface area contributed by atoms with Crippen LogP contribution in [0.1, 0.15) is 59.8 Å². The number of nitrogens with zero attached hydrogens (tertiary/aromatic N) is 1. The standard InChI is InChI=1S/C15H34N2/c1-6-8-9-10-15(4)16-11-12-17(5)13-14(3)7-2/h14-16H,6-13H2,1-5H3. The Morgan fingerprint density at radius 3 is 2.41 bits per heavy atom. The van der Waals surface area contributed by atoms with E-state index in [2.05, 4.69) is 45.0 Å². The molecule has 2 nitrogen and oxygen atoms in total. The lowest BCUT2D eigenvalue weighted by Crippen LogP contribution is -2.35. The summed E-state index contributed by atoms with van der Waals surface area (Å²) in [7, 11) is 2.23. The molecule has 0 heterocycles. The molecule has 0 aliphatic rings. The normalized spacial score (nSPS) is 15.2. The van der Waals surface area contributed by atoms with E-state index in [-0.39, 0.29) is 0 Å². The van der Waals surface area contributed by atoms with Crippen LogP contribution in [0.4, 0.5) is 0 Å². The highest BCUT2D eigenvalue weighted by atomic mass is 15.1. The largest absolute Gasteiger partial charge is 0.313 e. The van der Waals surface area contributed by atoms with E-state index in [1.807, 2.05) is 0 Å². The van der Waals surface area contributed by atoms with Gasteiger partial charge in [-0.15, -0.1) is 0 Å². The Morgan fingerprint density at radius 1 is 1.12 bits per heavy atom. The third-order valence-corrected chi connectivity index (χ3v) is 3.55. The Bertz CT molecular complexity index is 159. The van der Waals surface area contributed by atoms with Crippen molar-refractivity contribution in [2.45, 2.75) is 65.8 Å². The van der Waals surface area contributed by atoms with Gasteiger partial charge in [-0.05, 0) is 26.3 Å². The molecule has 1 N–H and O–H groups in total. The van der Waals surface area contributed by atoms with Crippen molar-refractivity contribution in [1.29, 1.82) is 0 Å². The van der Waals surface area contributed by atoms with Crippen LogP contribution >= 0.6 is 0 Å². The van der Waals surface area contributed by atoms with Gasteiger partial charge in [0.25, 0.3) is 0 Å². The van der Waals surface area contributed by atoms with Gasteiger partial charge in [-0.25, -0.2) is 0 Å². The van der Waals surface area contributed by atoms with E-state index in [1.54, 1.807) is 0 Å². The lowest BCUT2D eigenvalue weighted by Gasteiger charge is -2.22. The van der Waals surface area contributed by atoms with Gasteiger partial charge in [0.1, 0.15) is 0 Å². The molecule has 0 aromatic carbocycles. The quantitative estimate of drug-likeness (QED) is 0.558. The smallest absolute Gasteiger partial charge is 0.0104 e. The molecule has 0 aromatic heterocycles. The second-order valence-electron chi connectivity index (χ2n) is 5.63. The summed E-state index contributed by atoms with van der Waals surface area (Å²) < 4.78 is 0. The third kappa shape index (κ3) is 10.8. The highest BCUT2D eigenvalue weighted by molar-refractivity contribution is 4.64. The van der Waals surface area contributed by atoms with Gasteiger partial charge in [0, 0.05) is 25.7 Å². The molecule has 0 saturated carbocycles. The minimum absolute atomic E-state index is 0.679. The number of hydrogen-bond donors (Lipinski definition) is 1. The first kappa shape index (κ1) is 16.9. The average Bonchev–Trinajstić information content (AvgIpc) is 2.29. The zero-order chi connectivity index (χ0) is 13.1. The number of likely N-dealkylation sites (N-methyl/N-ethyl adjacent to an activating group) is 1. The number of unbranched alkanes of at least 4 members (excludes halogenated alkanes) is 2. The Kier molecular flexibility index (Phi) is 11.0. The summed E-state index contributed by atoms with van der Waals surface area (Å²) in [6.45, 7) is 12.7. The maximum absolute atomic E-state index is 3.62. The first-order valence-corrected chi connectivity index (χ1v) is 7.52. The van der Waals surface area contributed by atoms with E-state index >= 15 is 0 Å². The third-order valence-electron chi connectivity index (χ3n) is 3.55. The number of nitrogens with one attached hydrogen (secondary N) is 1. The second-order valence-corrected chi connectivity index (χ2v) is 5.63. The van der Waals surface area contributed by atoms with Crippen molar-refractivity contribution >= 4 is 0 Å². The van der Waals surface area contributed by atoms with Crippen LogP contribution < -0.4 is 5.32 Å². The molecular formula is C15H34N2. The maximum Gasteiger partial charge on any atom is 0.0104 e. The molecule has 104 valence electrons. The van der Waals surface area contributed by atoms with E-state index in [9.17, 15) is 0 Å². The molecule has 0 bridgehead atoms. The first-order valence-electron chi connectivity index (χ1n) is 7.52. The zero-order valence-corrected chi connectivity index (χ0v) is 12.8. The lowest BCUT2D eigenvalue weighted by molar-refractivity contribution is 0.277. The van der Waals surface area contributed by atoms with E-state index in [0.29, 0.717) is 6.04 Å². The molecular weight excluding hydrogens is 208 g/mol. The van der Waals surface area contributed by atoms with Crippen LogP contribution in [0.15, 0.2) is 0 Å². The summed E-state index contributed by atoms with van der Waals surface area (Å²) in [4.78, 5) is 2.44. The van der Waals surface area contributed by atoms with Crippen molar-refractivity contribution in [2.24, 2.45) is 5.92 Å². The fourth-order valence-electron chi connectivity index (χ4n) is 2.06. The van der Waals surface area contributed by atoms with Crippen molar-refractivity contribution in [3.8, 4) is 0 Å². The summed E-state index contributed by atoms with van der Waals surface area (Å²) in [5.74, 6) is 0.821. The van der Waals surface area contributed by atoms with Gasteiger partial charge in [0.05, 0.1) is 0 Å². The van der Waals surface area contributed by atoms with Gasteiger partial charge >= 0.3 is 0 Å². The van der Waals surface area contributed by atoms with Gasteiger partial charge in [-0.3, -0.25) is 0 Å². The highest BCUT2D eigenvalue weighted by Crippen LogP contribution is 2.03. The van der Waals surface area contributed by atoms with Gasteiger partial charge in [-0.1, -0.05) is 46.5 Å². The summed E-state index contributed by atoms with van der Waals surface area (Å²) in [6.07, 6.45) is 6.67. The fraction of sp³-hybridized carbons (Fsp3) is 1.00. The van der Waals surface area contributed by atoms with Gasteiger partial charge in [0.15, 0.2) is 0 Å². The zero-order valence-electron chi connectivity index (χ0n) is 12.8. The van der Waals surface area contributed by atoms with Crippen LogP contribution in [0.5, 0.6) is 0 Å². The molecule has 2 atom stereocenters. The minimum atomic E-state index is 0.679. The summed E-state index contributed by atoms with van der Waals surface area (Å²) in [6, 6.07) is 0.679. The second kappa shape index (κ2) is 11.0. The van der Waals surface area contributed by atoms with Crippen molar-refractivity contribution in [2.75, 3.05) is 26.7 Å². The van der Waals surface area contributed by atoms with Gasteiger partial charge in [-0.2, -0.15) is 0 Å². The van der Waals surface area contributed by atoms with Gasteiger partial charge < -0.3 is 10.2 Å². The molecule has 17 heavy (non-hydrogen) atoms. The van der Waals surface area contributed by atoms with Crippen molar-refractivity contribution in [1.82, 2.24) is 10.2 Å². The van der Waals surface area contributed by atoms with Crippen LogP contribution in [-0.2, 0) is 0 Å². The minimum Gasteiger partial charge on any atom is -0.313 e. The first-order chi connectivity index (χ1) is 8.10. The molecule has 0 fully saturated rings. The molecule has 0 amide bonds. The van der Waals surface area contributed by atoms with Crippen molar-refractivity contribution < 1.29 is 0 Å². The summed E-state index contributed by atoms with van der Waals surface area (Å²) in [5, 5.41) is 3.62. The van der Waals surface area contributed by atoms with Crippen LogP contribution in [0.25, 0.3) is 0 Å². The summed E-state index contributed by atoms with van der Waals surface area (Å²) >= 11 is 0. The molecule has 0 radical (unpaired) electrons. The monoisotopic (exact) mass is 242 g/mol. The Hall–Kier alpha value is -0.0800. The SMILES string of the molecule is CCCCCC(C)NCCN(C)CC(C)CC. The molecule has 0 aliphatic carbocycles. The number of hydrogen-bond acceptors (Lipinski definition) is 2. The van der Waals surface area contributed by atoms with Crippen LogP contribution in [0.3, 0.4) is 0 Å². The van der Waals surface area contributed by atoms with Crippen LogP contribution in [-0.4, -0.2) is 37.6 Å². The molecule has 0 spiro atoms. The van der Waals surface area contributed by atoms with Gasteiger partial charge in [0.2, 0.25) is 0 Å². The average molecular weight is 242 g/mol. The predicted molar refractivity (Wildman–Crippen MR) is 78.6 cm³/mol. The topological polar surface area (TPSA) is 15.3 Å². The Morgan fingerprint density at radius 2 is 1.82 bits per heavy atom. The van der Waals surface area contributed by atoms with E-state index < -0.39 is 0 Å². The maximum atomic E-state index is 3.62. The van der Waals surface area contributed by atoms with Crippen molar-refractivity contribution in [3.63, 3.8) is 0 Å².